The zero-order valence-electron chi connectivity index (χ0n) is 20.5. The fourth-order valence-electron chi connectivity index (χ4n) is 5.23. The van der Waals surface area contributed by atoms with Crippen molar-refractivity contribution in [3.8, 4) is 17.0 Å². The first kappa shape index (κ1) is 22.2. The Morgan fingerprint density at radius 3 is 2.57 bits per heavy atom. The number of ether oxygens (including phenoxy) is 1. The number of aromatic nitrogens is 5. The Labute approximate surface area is 204 Å². The number of piperidine rings is 1. The highest BCUT2D eigenvalue weighted by molar-refractivity contribution is 6.02. The summed E-state index contributed by atoms with van der Waals surface area (Å²) in [6.07, 6.45) is 8.87. The van der Waals surface area contributed by atoms with Crippen LogP contribution in [0, 0.1) is 0 Å². The number of hydrogen-bond acceptors (Lipinski definition) is 6. The molecule has 0 bridgehead atoms. The molecule has 0 spiro atoms. The molecule has 0 amide bonds. The summed E-state index contributed by atoms with van der Waals surface area (Å²) >= 11 is 0. The van der Waals surface area contributed by atoms with Gasteiger partial charge >= 0.3 is 5.69 Å². The number of rotatable bonds is 7. The molecule has 4 aromatic rings. The van der Waals surface area contributed by atoms with E-state index in [0.29, 0.717) is 18.1 Å². The quantitative estimate of drug-likeness (QED) is 0.377. The predicted octanol–water partition coefficient (Wildman–Crippen LogP) is 4.11. The summed E-state index contributed by atoms with van der Waals surface area (Å²) < 4.78 is 9.42. The van der Waals surface area contributed by atoms with Crippen molar-refractivity contribution in [3.05, 3.63) is 47.0 Å². The van der Waals surface area contributed by atoms with Gasteiger partial charge in [0, 0.05) is 42.3 Å². The number of nitrogens with zero attached hydrogens (tertiary/aromatic N) is 6. The molecule has 182 valence electrons. The van der Waals surface area contributed by atoms with Crippen molar-refractivity contribution < 1.29 is 4.74 Å². The molecular formula is C27H32N6O2. The van der Waals surface area contributed by atoms with Crippen LogP contribution < -0.4 is 10.4 Å². The predicted molar refractivity (Wildman–Crippen MR) is 137 cm³/mol. The fraction of sp³-hybridized carbons (Fsp3) is 0.481. The number of pyridine rings is 1. The third kappa shape index (κ3) is 4.10. The van der Waals surface area contributed by atoms with E-state index in [1.165, 1.54) is 32.4 Å². The van der Waals surface area contributed by atoms with E-state index in [4.69, 9.17) is 4.74 Å². The Bertz CT molecular complexity index is 1430. The fourth-order valence-corrected chi connectivity index (χ4v) is 5.23. The van der Waals surface area contributed by atoms with Crippen LogP contribution in [0.3, 0.4) is 0 Å². The molecule has 1 saturated heterocycles. The molecule has 3 aromatic heterocycles. The number of imidazole rings is 1. The first-order chi connectivity index (χ1) is 17.0. The molecule has 1 aliphatic carbocycles. The molecule has 0 unspecified atom stereocenters. The maximum atomic E-state index is 13.0. The first-order valence-corrected chi connectivity index (χ1v) is 12.7. The number of fused-ring (bicyclic) bond motifs is 3. The number of aryl methyl sites for hydroxylation is 1. The largest absolute Gasteiger partial charge is 0.478 e. The van der Waals surface area contributed by atoms with Gasteiger partial charge in [-0.05, 0) is 75.9 Å². The van der Waals surface area contributed by atoms with Gasteiger partial charge in [0.25, 0.3) is 0 Å². The topological polar surface area (TPSA) is 78.1 Å². The minimum absolute atomic E-state index is 0.0318. The Morgan fingerprint density at radius 1 is 1.03 bits per heavy atom. The second kappa shape index (κ2) is 8.75. The smallest absolute Gasteiger partial charge is 0.330 e. The Morgan fingerprint density at radius 2 is 1.83 bits per heavy atom. The van der Waals surface area contributed by atoms with Crippen molar-refractivity contribution in [2.45, 2.75) is 51.0 Å². The monoisotopic (exact) mass is 472 g/mol. The molecule has 1 aliphatic heterocycles. The van der Waals surface area contributed by atoms with Crippen LogP contribution >= 0.6 is 0 Å². The average Bonchev–Trinajstić information content (AvgIpc) is 3.58. The van der Waals surface area contributed by atoms with E-state index in [-0.39, 0.29) is 11.2 Å². The molecule has 0 radical (unpaired) electrons. The van der Waals surface area contributed by atoms with Crippen molar-refractivity contribution in [2.75, 3.05) is 26.2 Å². The van der Waals surface area contributed by atoms with E-state index in [9.17, 15) is 4.79 Å². The second-order valence-electron chi connectivity index (χ2n) is 10.3. The van der Waals surface area contributed by atoms with Gasteiger partial charge in [-0.2, -0.15) is 0 Å². The second-order valence-corrected chi connectivity index (χ2v) is 10.3. The zero-order valence-corrected chi connectivity index (χ0v) is 20.5. The lowest BCUT2D eigenvalue weighted by Gasteiger charge is -2.26. The Balaban J connectivity index is 1.24. The van der Waals surface area contributed by atoms with Crippen LogP contribution in [0.4, 0.5) is 0 Å². The molecule has 0 N–H and O–H groups in total. The maximum absolute atomic E-state index is 13.0. The molecule has 1 saturated carbocycles. The van der Waals surface area contributed by atoms with Crippen molar-refractivity contribution in [1.82, 2.24) is 29.2 Å². The average molecular weight is 473 g/mol. The third-order valence-corrected chi connectivity index (χ3v) is 7.64. The summed E-state index contributed by atoms with van der Waals surface area (Å²) in [5.74, 6) is 0.653. The van der Waals surface area contributed by atoms with Crippen LogP contribution in [-0.4, -0.2) is 55.5 Å². The van der Waals surface area contributed by atoms with Gasteiger partial charge in [0.05, 0.1) is 12.1 Å². The summed E-state index contributed by atoms with van der Waals surface area (Å²) in [7, 11) is 1.77. The van der Waals surface area contributed by atoms with E-state index in [2.05, 4.69) is 33.1 Å². The first-order valence-electron chi connectivity index (χ1n) is 12.7. The highest BCUT2D eigenvalue weighted by Crippen LogP contribution is 2.44. The van der Waals surface area contributed by atoms with Gasteiger partial charge in [-0.3, -0.25) is 9.13 Å². The molecule has 6 rings (SSSR count). The number of likely N-dealkylation sites (tertiary alicyclic amines) is 1. The van der Waals surface area contributed by atoms with Crippen LogP contribution in [0.5, 0.6) is 5.88 Å². The molecule has 2 aliphatic rings. The Hall–Kier alpha value is -3.26. The molecule has 2 fully saturated rings. The van der Waals surface area contributed by atoms with Gasteiger partial charge in [0.2, 0.25) is 5.88 Å². The standard InChI is InChI=1S/C27H32N6O2/c1-27(11-12-27)33-24-21-17-19(7-9-22(21)29-30-25(24)31(2)26(33)34)20-8-10-23(28-18-20)35-16-6-15-32-13-4-3-5-14-32/h7-10,17-18H,3-6,11-16H2,1-2H3. The zero-order chi connectivity index (χ0) is 24.0. The lowest BCUT2D eigenvalue weighted by Crippen LogP contribution is -2.31. The minimum atomic E-state index is -0.142. The van der Waals surface area contributed by atoms with E-state index in [1.807, 2.05) is 35.0 Å². The van der Waals surface area contributed by atoms with E-state index in [0.717, 1.165) is 53.4 Å². The Kier molecular flexibility index (Phi) is 5.56. The summed E-state index contributed by atoms with van der Waals surface area (Å²) in [5.41, 5.74) is 4.13. The molecule has 1 aromatic carbocycles. The normalized spacial score (nSPS) is 17.8. The number of benzene rings is 1. The third-order valence-electron chi connectivity index (χ3n) is 7.64. The molecule has 8 nitrogen and oxygen atoms in total. The number of hydrogen-bond donors (Lipinski definition) is 0. The highest BCUT2D eigenvalue weighted by Gasteiger charge is 2.42. The molecular weight excluding hydrogens is 440 g/mol. The maximum Gasteiger partial charge on any atom is 0.330 e. The van der Waals surface area contributed by atoms with Crippen LogP contribution in [0.15, 0.2) is 41.3 Å². The summed E-state index contributed by atoms with van der Waals surface area (Å²) in [4.78, 5) is 20.1. The summed E-state index contributed by atoms with van der Waals surface area (Å²) in [5, 5.41) is 9.70. The van der Waals surface area contributed by atoms with Crippen LogP contribution in [0.1, 0.15) is 45.4 Å². The van der Waals surface area contributed by atoms with Gasteiger partial charge in [0.1, 0.15) is 5.52 Å². The lowest BCUT2D eigenvalue weighted by molar-refractivity contribution is 0.203. The highest BCUT2D eigenvalue weighted by atomic mass is 16.5. The van der Waals surface area contributed by atoms with Crippen LogP contribution in [0.2, 0.25) is 0 Å². The molecule has 4 heterocycles. The SMILES string of the molecule is Cn1c(=O)n(C2(C)CC2)c2c3cc(-c4ccc(OCCCN5CCCCC5)nc4)ccc3nnc21. The van der Waals surface area contributed by atoms with Gasteiger partial charge < -0.3 is 9.64 Å². The lowest BCUT2D eigenvalue weighted by atomic mass is 10.0. The molecule has 0 atom stereocenters. The van der Waals surface area contributed by atoms with Crippen molar-refractivity contribution in [1.29, 1.82) is 0 Å². The van der Waals surface area contributed by atoms with Crippen LogP contribution in [0.25, 0.3) is 33.2 Å². The van der Waals surface area contributed by atoms with Gasteiger partial charge in [-0.1, -0.05) is 12.5 Å². The van der Waals surface area contributed by atoms with Crippen molar-refractivity contribution in [3.63, 3.8) is 0 Å². The van der Waals surface area contributed by atoms with Gasteiger partial charge in [-0.15, -0.1) is 10.2 Å². The van der Waals surface area contributed by atoms with Gasteiger partial charge in [0.15, 0.2) is 5.65 Å². The van der Waals surface area contributed by atoms with Crippen molar-refractivity contribution in [2.24, 2.45) is 7.05 Å². The van der Waals surface area contributed by atoms with E-state index >= 15 is 0 Å². The molecule has 35 heavy (non-hydrogen) atoms. The van der Waals surface area contributed by atoms with Crippen molar-refractivity contribution >= 4 is 22.1 Å². The minimum Gasteiger partial charge on any atom is -0.478 e. The van der Waals surface area contributed by atoms with E-state index in [1.54, 1.807) is 11.6 Å². The van der Waals surface area contributed by atoms with E-state index < -0.39 is 0 Å². The van der Waals surface area contributed by atoms with Crippen LogP contribution in [-0.2, 0) is 12.6 Å². The van der Waals surface area contributed by atoms with Gasteiger partial charge in [-0.25, -0.2) is 9.78 Å². The molecule has 8 heteroatoms. The summed E-state index contributed by atoms with van der Waals surface area (Å²) in [6.45, 7) is 6.35. The summed E-state index contributed by atoms with van der Waals surface area (Å²) in [6, 6.07) is 10.1.